The number of fused-ring (bicyclic) bond motifs is 3. The molecule has 0 fully saturated rings. The topological polar surface area (TPSA) is 81.4 Å². The summed E-state index contributed by atoms with van der Waals surface area (Å²) in [5.41, 5.74) is 2.78. The predicted octanol–water partition coefficient (Wildman–Crippen LogP) is 3.17. The fourth-order valence-electron chi connectivity index (χ4n) is 2.85. The van der Waals surface area contributed by atoms with Crippen LogP contribution in [0.4, 0.5) is 0 Å². The van der Waals surface area contributed by atoms with Crippen molar-refractivity contribution in [3.05, 3.63) is 41.3 Å². The highest BCUT2D eigenvalue weighted by Gasteiger charge is 2.33. The van der Waals surface area contributed by atoms with Gasteiger partial charge in [-0.15, -0.1) is 0 Å². The molecule has 0 spiro atoms. The van der Waals surface area contributed by atoms with Crippen LogP contribution in [0, 0.1) is 6.92 Å². The van der Waals surface area contributed by atoms with Gasteiger partial charge in [0.15, 0.2) is 5.76 Å². The third-order valence-corrected chi connectivity index (χ3v) is 4.08. The number of hydrogen-bond donors (Lipinski definition) is 1. The van der Waals surface area contributed by atoms with E-state index in [0.29, 0.717) is 23.6 Å². The third-order valence-electron chi connectivity index (χ3n) is 4.08. The Kier molecular flexibility index (Phi) is 4.64. The number of esters is 1. The summed E-state index contributed by atoms with van der Waals surface area (Å²) in [6.45, 7) is 4.24. The predicted molar refractivity (Wildman–Crippen MR) is 87.4 cm³/mol. The van der Waals surface area contributed by atoms with Gasteiger partial charge in [-0.25, -0.2) is 0 Å². The second kappa shape index (κ2) is 6.86. The van der Waals surface area contributed by atoms with E-state index in [1.54, 1.807) is 12.1 Å². The minimum Gasteiger partial charge on any atom is -0.466 e. The normalized spacial score (nSPS) is 15.9. The van der Waals surface area contributed by atoms with Crippen molar-refractivity contribution in [3.63, 3.8) is 0 Å². The maximum atomic E-state index is 12.5. The first-order valence-electron chi connectivity index (χ1n) is 8.13. The molecule has 1 aromatic heterocycles. The quantitative estimate of drug-likeness (QED) is 0.673. The number of benzene rings is 1. The van der Waals surface area contributed by atoms with Gasteiger partial charge >= 0.3 is 5.97 Å². The number of rotatable bonds is 5. The van der Waals surface area contributed by atoms with Crippen molar-refractivity contribution < 1.29 is 18.8 Å². The van der Waals surface area contributed by atoms with E-state index in [-0.39, 0.29) is 18.3 Å². The van der Waals surface area contributed by atoms with Crippen LogP contribution in [-0.4, -0.2) is 23.6 Å². The minimum absolute atomic E-state index is 0.0189. The first-order valence-corrected chi connectivity index (χ1v) is 8.13. The van der Waals surface area contributed by atoms with Gasteiger partial charge < -0.3 is 14.6 Å². The van der Waals surface area contributed by atoms with E-state index < -0.39 is 6.04 Å². The van der Waals surface area contributed by atoms with E-state index in [2.05, 4.69) is 10.5 Å². The first kappa shape index (κ1) is 16.2. The zero-order valence-corrected chi connectivity index (χ0v) is 13.8. The Morgan fingerprint density at radius 3 is 2.83 bits per heavy atom. The standard InChI is InChI=1S/C18H20N2O4/c1-3-4-9-23-15(21)10-14-17-16(11(2)20-24-17)12-7-5-6-8-13(12)18(22)19-14/h5-8,14H,3-4,9-10H2,1-2H3,(H,19,22)/t14-/m0/s1. The lowest BCUT2D eigenvalue weighted by molar-refractivity contribution is -0.144. The van der Waals surface area contributed by atoms with Crippen LogP contribution in [0.3, 0.4) is 0 Å². The SMILES string of the molecule is CCCCOC(=O)C[C@@H]1NC(=O)c2ccccc2-c2c(C)noc21. The van der Waals surface area contributed by atoms with Gasteiger partial charge in [0.1, 0.15) is 6.04 Å². The first-order chi connectivity index (χ1) is 11.6. The Morgan fingerprint density at radius 2 is 2.08 bits per heavy atom. The minimum atomic E-state index is -0.588. The number of aryl methyl sites for hydroxylation is 1. The third kappa shape index (κ3) is 3.04. The summed E-state index contributed by atoms with van der Waals surface area (Å²) in [4.78, 5) is 24.6. The van der Waals surface area contributed by atoms with E-state index in [0.717, 1.165) is 24.0 Å². The van der Waals surface area contributed by atoms with E-state index in [9.17, 15) is 9.59 Å². The summed E-state index contributed by atoms with van der Waals surface area (Å²) in [5.74, 6) is -0.0966. The van der Waals surface area contributed by atoms with Crippen molar-refractivity contribution >= 4 is 11.9 Å². The van der Waals surface area contributed by atoms with Crippen LogP contribution in [0.2, 0.25) is 0 Å². The lowest BCUT2D eigenvalue weighted by Gasteiger charge is -2.14. The molecule has 6 heteroatoms. The molecule has 2 aromatic rings. The Hall–Kier alpha value is -2.63. The zero-order chi connectivity index (χ0) is 17.1. The number of nitrogens with zero attached hydrogens (tertiary/aromatic N) is 1. The van der Waals surface area contributed by atoms with Crippen LogP contribution in [-0.2, 0) is 9.53 Å². The number of hydrogen-bond acceptors (Lipinski definition) is 5. The Bertz CT molecular complexity index is 766. The van der Waals surface area contributed by atoms with Crippen molar-refractivity contribution in [2.24, 2.45) is 0 Å². The molecule has 0 aliphatic carbocycles. The molecule has 1 amide bonds. The van der Waals surface area contributed by atoms with Gasteiger partial charge in [0, 0.05) is 5.56 Å². The second-order valence-electron chi connectivity index (χ2n) is 5.86. The fraction of sp³-hybridized carbons (Fsp3) is 0.389. The molecule has 3 rings (SSSR count). The number of amides is 1. The number of carbonyl (C=O) groups excluding carboxylic acids is 2. The van der Waals surface area contributed by atoms with Crippen molar-refractivity contribution in [3.8, 4) is 11.1 Å². The second-order valence-corrected chi connectivity index (χ2v) is 5.86. The van der Waals surface area contributed by atoms with Crippen LogP contribution in [0.1, 0.15) is 54.0 Å². The van der Waals surface area contributed by atoms with Crippen LogP contribution in [0.5, 0.6) is 0 Å². The van der Waals surface area contributed by atoms with E-state index in [1.165, 1.54) is 0 Å². The molecule has 1 aliphatic rings. The van der Waals surface area contributed by atoms with E-state index >= 15 is 0 Å². The Labute approximate surface area is 140 Å². The Balaban J connectivity index is 1.91. The molecule has 0 unspecified atom stereocenters. The van der Waals surface area contributed by atoms with Crippen molar-refractivity contribution in [1.82, 2.24) is 10.5 Å². The molecule has 126 valence electrons. The molecule has 0 radical (unpaired) electrons. The maximum Gasteiger partial charge on any atom is 0.308 e. The molecule has 0 saturated carbocycles. The van der Waals surface area contributed by atoms with Gasteiger partial charge in [0.2, 0.25) is 0 Å². The lowest BCUT2D eigenvalue weighted by Crippen LogP contribution is -2.29. The molecular formula is C18H20N2O4. The Morgan fingerprint density at radius 1 is 1.33 bits per heavy atom. The van der Waals surface area contributed by atoms with Crippen LogP contribution < -0.4 is 5.32 Å². The molecule has 0 bridgehead atoms. The summed E-state index contributed by atoms with van der Waals surface area (Å²) >= 11 is 0. The summed E-state index contributed by atoms with van der Waals surface area (Å²) < 4.78 is 10.6. The number of aromatic nitrogens is 1. The highest BCUT2D eigenvalue weighted by atomic mass is 16.5. The van der Waals surface area contributed by atoms with E-state index in [4.69, 9.17) is 9.26 Å². The monoisotopic (exact) mass is 328 g/mol. The van der Waals surface area contributed by atoms with Crippen LogP contribution >= 0.6 is 0 Å². The fourth-order valence-corrected chi connectivity index (χ4v) is 2.85. The molecule has 24 heavy (non-hydrogen) atoms. The molecule has 0 saturated heterocycles. The number of unbranched alkanes of at least 4 members (excludes halogenated alkanes) is 1. The average Bonchev–Trinajstić information content (AvgIpc) is 2.90. The molecule has 2 heterocycles. The lowest BCUT2D eigenvalue weighted by atomic mass is 9.97. The van der Waals surface area contributed by atoms with Crippen molar-refractivity contribution in [2.45, 2.75) is 39.2 Å². The van der Waals surface area contributed by atoms with Gasteiger partial charge in [-0.1, -0.05) is 36.7 Å². The zero-order valence-electron chi connectivity index (χ0n) is 13.8. The summed E-state index contributed by atoms with van der Waals surface area (Å²) in [7, 11) is 0. The highest BCUT2D eigenvalue weighted by molar-refractivity contribution is 6.03. The van der Waals surface area contributed by atoms with E-state index in [1.807, 2.05) is 26.0 Å². The van der Waals surface area contributed by atoms with Crippen LogP contribution in [0.15, 0.2) is 28.8 Å². The molecule has 6 nitrogen and oxygen atoms in total. The van der Waals surface area contributed by atoms with Gasteiger partial charge in [0.25, 0.3) is 5.91 Å². The average molecular weight is 328 g/mol. The van der Waals surface area contributed by atoms with Gasteiger partial charge in [0.05, 0.1) is 24.3 Å². The molecule has 1 N–H and O–H groups in total. The summed E-state index contributed by atoms with van der Waals surface area (Å²) in [6.07, 6.45) is 1.79. The maximum absolute atomic E-state index is 12.5. The largest absolute Gasteiger partial charge is 0.466 e. The molecule has 1 aromatic carbocycles. The summed E-state index contributed by atoms with van der Waals surface area (Å²) in [6, 6.07) is 6.69. The molecule has 1 atom stereocenters. The number of carbonyl (C=O) groups is 2. The van der Waals surface area contributed by atoms with Gasteiger partial charge in [-0.05, 0) is 25.0 Å². The molecular weight excluding hydrogens is 308 g/mol. The number of ether oxygens (including phenoxy) is 1. The highest BCUT2D eigenvalue weighted by Crippen LogP contribution is 2.37. The summed E-state index contributed by atoms with van der Waals surface area (Å²) in [5, 5.41) is 6.87. The number of nitrogens with one attached hydrogen (secondary N) is 1. The van der Waals surface area contributed by atoms with Crippen LogP contribution in [0.25, 0.3) is 11.1 Å². The molecule has 1 aliphatic heterocycles. The van der Waals surface area contributed by atoms with Crippen molar-refractivity contribution in [1.29, 1.82) is 0 Å². The van der Waals surface area contributed by atoms with Crippen molar-refractivity contribution in [2.75, 3.05) is 6.61 Å². The van der Waals surface area contributed by atoms with Gasteiger partial charge in [-0.2, -0.15) is 0 Å². The smallest absolute Gasteiger partial charge is 0.308 e. The van der Waals surface area contributed by atoms with Gasteiger partial charge in [-0.3, -0.25) is 9.59 Å².